The zero-order valence-electron chi connectivity index (χ0n) is 9.12. The Bertz CT molecular complexity index is 371. The Balaban J connectivity index is 1.68. The van der Waals surface area contributed by atoms with Crippen LogP contribution in [0.4, 0.5) is 0 Å². The molecule has 1 atom stereocenters. The Morgan fingerprint density at radius 1 is 1.40 bits per heavy atom. The van der Waals surface area contributed by atoms with E-state index in [0.717, 1.165) is 18.9 Å². The van der Waals surface area contributed by atoms with Gasteiger partial charge in [0.15, 0.2) is 0 Å². The van der Waals surface area contributed by atoms with Crippen molar-refractivity contribution in [1.29, 1.82) is 0 Å². The lowest BCUT2D eigenvalue weighted by atomic mass is 10.0. The van der Waals surface area contributed by atoms with E-state index >= 15 is 0 Å². The smallest absolute Gasteiger partial charge is 0.122 e. The van der Waals surface area contributed by atoms with E-state index in [1.165, 1.54) is 18.4 Å². The summed E-state index contributed by atoms with van der Waals surface area (Å²) in [6.07, 6.45) is 2.64. The highest BCUT2D eigenvalue weighted by Crippen LogP contribution is 2.37. The topological polar surface area (TPSA) is 21.3 Å². The van der Waals surface area contributed by atoms with Gasteiger partial charge in [-0.15, -0.1) is 0 Å². The Hall–Kier alpha value is -1.02. The summed E-state index contributed by atoms with van der Waals surface area (Å²) in [6, 6.07) is 8.38. The predicted octanol–water partition coefficient (Wildman–Crippen LogP) is 2.30. The molecule has 3 rings (SSSR count). The highest BCUT2D eigenvalue weighted by atomic mass is 16.5. The molecule has 1 fully saturated rings. The molecule has 0 amide bonds. The predicted molar refractivity (Wildman–Crippen MR) is 60.3 cm³/mol. The zero-order chi connectivity index (χ0) is 10.3. The van der Waals surface area contributed by atoms with Gasteiger partial charge < -0.3 is 10.1 Å². The van der Waals surface area contributed by atoms with Crippen molar-refractivity contribution < 1.29 is 4.74 Å². The van der Waals surface area contributed by atoms with Crippen molar-refractivity contribution in [3.8, 4) is 5.75 Å². The van der Waals surface area contributed by atoms with Crippen LogP contribution in [0.1, 0.15) is 31.2 Å². The minimum atomic E-state index is 0.428. The molecule has 1 unspecified atom stereocenters. The minimum absolute atomic E-state index is 0.428. The number of fused-ring (bicyclic) bond motifs is 1. The second-order valence-electron chi connectivity index (χ2n) is 4.99. The Kier molecular flexibility index (Phi) is 1.99. The molecule has 1 aliphatic heterocycles. The summed E-state index contributed by atoms with van der Waals surface area (Å²) in [6.45, 7) is 4.19. The van der Waals surface area contributed by atoms with E-state index in [1.54, 1.807) is 0 Å². The lowest BCUT2D eigenvalue weighted by Crippen LogP contribution is -2.32. The fourth-order valence-electron chi connectivity index (χ4n) is 2.13. The third-order valence-corrected chi connectivity index (χ3v) is 3.57. The second-order valence-corrected chi connectivity index (χ2v) is 4.99. The van der Waals surface area contributed by atoms with Crippen LogP contribution in [0.3, 0.4) is 0 Å². The van der Waals surface area contributed by atoms with E-state index in [4.69, 9.17) is 4.74 Å². The number of nitrogens with one attached hydrogen (secondary N) is 1. The molecule has 0 bridgehead atoms. The van der Waals surface area contributed by atoms with Gasteiger partial charge in [0.2, 0.25) is 0 Å². The summed E-state index contributed by atoms with van der Waals surface area (Å²) in [5.41, 5.74) is 1.80. The van der Waals surface area contributed by atoms with Gasteiger partial charge in [-0.2, -0.15) is 0 Å². The molecule has 1 aliphatic carbocycles. The summed E-state index contributed by atoms with van der Waals surface area (Å²) in [5.74, 6) is 1.61. The fraction of sp³-hybridized carbons (Fsp3) is 0.538. The van der Waals surface area contributed by atoms with Gasteiger partial charge in [0, 0.05) is 23.6 Å². The van der Waals surface area contributed by atoms with Gasteiger partial charge in [-0.3, -0.25) is 0 Å². The highest BCUT2D eigenvalue weighted by molar-refractivity contribution is 5.39. The van der Waals surface area contributed by atoms with Crippen molar-refractivity contribution in [3.05, 3.63) is 29.8 Å². The molecule has 0 radical (unpaired) electrons. The van der Waals surface area contributed by atoms with E-state index < -0.39 is 0 Å². The van der Waals surface area contributed by atoms with Gasteiger partial charge in [-0.25, -0.2) is 0 Å². The molecule has 1 heterocycles. The van der Waals surface area contributed by atoms with Crippen molar-refractivity contribution in [2.75, 3.05) is 13.2 Å². The van der Waals surface area contributed by atoms with Crippen LogP contribution in [-0.2, 0) is 0 Å². The summed E-state index contributed by atoms with van der Waals surface area (Å²) < 4.78 is 5.66. The Labute approximate surface area is 90.6 Å². The largest absolute Gasteiger partial charge is 0.493 e. The summed E-state index contributed by atoms with van der Waals surface area (Å²) in [5, 5.41) is 3.64. The van der Waals surface area contributed by atoms with Crippen molar-refractivity contribution >= 4 is 0 Å². The number of rotatable bonds is 3. The molecule has 1 aromatic carbocycles. The average Bonchev–Trinajstić information content (AvgIpc) is 2.86. The number of benzene rings is 1. The number of ether oxygens (including phenoxy) is 1. The van der Waals surface area contributed by atoms with Crippen LogP contribution in [-0.4, -0.2) is 18.7 Å². The lowest BCUT2D eigenvalue weighted by molar-refractivity contribution is 0.321. The van der Waals surface area contributed by atoms with E-state index in [0.29, 0.717) is 11.5 Å². The van der Waals surface area contributed by atoms with E-state index in [2.05, 4.69) is 30.4 Å². The van der Waals surface area contributed by atoms with Crippen molar-refractivity contribution in [2.24, 2.45) is 0 Å². The molecule has 0 spiro atoms. The first-order valence-electron chi connectivity index (χ1n) is 5.74. The van der Waals surface area contributed by atoms with Crippen molar-refractivity contribution in [1.82, 2.24) is 5.32 Å². The maximum absolute atomic E-state index is 5.66. The van der Waals surface area contributed by atoms with Crippen LogP contribution in [0.2, 0.25) is 0 Å². The molecule has 2 heteroatoms. The van der Waals surface area contributed by atoms with Crippen LogP contribution in [0, 0.1) is 0 Å². The standard InChI is InChI=1S/C13H17NO/c1-13(6-7-13)14-8-10-9-15-12-5-3-2-4-11(10)12/h2-5,10,14H,6-9H2,1H3. The van der Waals surface area contributed by atoms with Crippen LogP contribution in [0.15, 0.2) is 24.3 Å². The van der Waals surface area contributed by atoms with Crippen LogP contribution in [0.25, 0.3) is 0 Å². The molecule has 1 N–H and O–H groups in total. The molecule has 2 nitrogen and oxygen atoms in total. The molecule has 2 aliphatic rings. The van der Waals surface area contributed by atoms with Gasteiger partial charge in [0.25, 0.3) is 0 Å². The van der Waals surface area contributed by atoms with Crippen molar-refractivity contribution in [3.63, 3.8) is 0 Å². The monoisotopic (exact) mass is 203 g/mol. The highest BCUT2D eigenvalue weighted by Gasteiger charge is 2.37. The number of hydrogen-bond acceptors (Lipinski definition) is 2. The lowest BCUT2D eigenvalue weighted by Gasteiger charge is -2.15. The molecule has 80 valence electrons. The third kappa shape index (κ3) is 1.74. The van der Waals surface area contributed by atoms with Gasteiger partial charge >= 0.3 is 0 Å². The van der Waals surface area contributed by atoms with Crippen LogP contribution >= 0.6 is 0 Å². The average molecular weight is 203 g/mol. The third-order valence-electron chi connectivity index (χ3n) is 3.57. The van der Waals surface area contributed by atoms with E-state index in [9.17, 15) is 0 Å². The quantitative estimate of drug-likeness (QED) is 0.814. The van der Waals surface area contributed by atoms with Crippen LogP contribution < -0.4 is 10.1 Å². The fourth-order valence-corrected chi connectivity index (χ4v) is 2.13. The van der Waals surface area contributed by atoms with E-state index in [-0.39, 0.29) is 0 Å². The summed E-state index contributed by atoms with van der Waals surface area (Å²) in [4.78, 5) is 0. The molecule has 0 saturated heterocycles. The van der Waals surface area contributed by atoms with Crippen molar-refractivity contribution in [2.45, 2.75) is 31.2 Å². The minimum Gasteiger partial charge on any atom is -0.493 e. The first kappa shape index (κ1) is 9.22. The molecular weight excluding hydrogens is 186 g/mol. The van der Waals surface area contributed by atoms with Gasteiger partial charge in [-0.1, -0.05) is 18.2 Å². The summed E-state index contributed by atoms with van der Waals surface area (Å²) >= 11 is 0. The van der Waals surface area contributed by atoms with Gasteiger partial charge in [-0.05, 0) is 25.8 Å². The normalized spacial score (nSPS) is 25.8. The Morgan fingerprint density at radius 3 is 3.00 bits per heavy atom. The van der Waals surface area contributed by atoms with E-state index in [1.807, 2.05) is 6.07 Å². The molecule has 1 saturated carbocycles. The maximum atomic E-state index is 5.66. The zero-order valence-corrected chi connectivity index (χ0v) is 9.12. The molecule has 15 heavy (non-hydrogen) atoms. The molecular formula is C13H17NO. The first-order chi connectivity index (χ1) is 7.27. The molecule has 1 aromatic rings. The number of hydrogen-bond donors (Lipinski definition) is 1. The first-order valence-corrected chi connectivity index (χ1v) is 5.74. The maximum Gasteiger partial charge on any atom is 0.122 e. The number of para-hydroxylation sites is 1. The summed E-state index contributed by atoms with van der Waals surface area (Å²) in [7, 11) is 0. The van der Waals surface area contributed by atoms with Gasteiger partial charge in [0.1, 0.15) is 5.75 Å². The van der Waals surface area contributed by atoms with Crippen LogP contribution in [0.5, 0.6) is 5.75 Å². The Morgan fingerprint density at radius 2 is 2.20 bits per heavy atom. The molecule has 0 aromatic heterocycles. The SMILES string of the molecule is CC1(NCC2COc3ccccc32)CC1. The van der Waals surface area contributed by atoms with Gasteiger partial charge in [0.05, 0.1) is 6.61 Å². The second kappa shape index (κ2) is 3.24.